The Labute approximate surface area is 113 Å². The fourth-order valence-electron chi connectivity index (χ4n) is 2.04. The first-order valence-electron chi connectivity index (χ1n) is 5.63. The van der Waals surface area contributed by atoms with Crippen molar-refractivity contribution in [2.24, 2.45) is 0 Å². The second-order valence-corrected chi connectivity index (χ2v) is 4.53. The minimum Gasteiger partial charge on any atom is -0.476 e. The van der Waals surface area contributed by atoms with Crippen LogP contribution in [0.25, 0.3) is 22.0 Å². The third-order valence-electron chi connectivity index (χ3n) is 2.94. The van der Waals surface area contributed by atoms with Crippen LogP contribution in [0.2, 0.25) is 5.02 Å². The Bertz CT molecular complexity index is 766. The maximum Gasteiger partial charge on any atom is 0.357 e. The van der Waals surface area contributed by atoms with E-state index < -0.39 is 5.97 Å². The molecule has 94 valence electrons. The molecule has 0 fully saturated rings. The summed E-state index contributed by atoms with van der Waals surface area (Å²) in [6, 6.07) is 13.0. The zero-order chi connectivity index (χ0) is 13.4. The Balaban J connectivity index is 2.28. The third kappa shape index (κ3) is 1.96. The van der Waals surface area contributed by atoms with Gasteiger partial charge in [0, 0.05) is 10.9 Å². The molecular formula is C14H9ClN2O2. The minimum atomic E-state index is -1.06. The van der Waals surface area contributed by atoms with Gasteiger partial charge in [-0.05, 0) is 17.7 Å². The number of aromatic nitrogens is 2. The van der Waals surface area contributed by atoms with E-state index in [-0.39, 0.29) is 5.69 Å². The van der Waals surface area contributed by atoms with Crippen LogP contribution in [0.4, 0.5) is 0 Å². The highest BCUT2D eigenvalue weighted by atomic mass is 35.5. The lowest BCUT2D eigenvalue weighted by Gasteiger charge is -2.04. The highest BCUT2D eigenvalue weighted by Crippen LogP contribution is 2.32. The Morgan fingerprint density at radius 3 is 2.63 bits per heavy atom. The molecule has 0 amide bonds. The Morgan fingerprint density at radius 1 is 1.21 bits per heavy atom. The topological polar surface area (TPSA) is 66.0 Å². The van der Waals surface area contributed by atoms with E-state index in [0.29, 0.717) is 15.9 Å². The molecule has 0 aliphatic heterocycles. The molecule has 3 rings (SSSR count). The lowest BCUT2D eigenvalue weighted by molar-refractivity contribution is 0.0692. The molecular weight excluding hydrogens is 264 g/mol. The molecule has 1 aromatic heterocycles. The number of nitrogens with zero attached hydrogens (tertiary/aromatic N) is 1. The maximum absolute atomic E-state index is 11.1. The van der Waals surface area contributed by atoms with E-state index in [1.165, 1.54) is 0 Å². The second-order valence-electron chi connectivity index (χ2n) is 4.12. The molecule has 0 saturated carbocycles. The lowest BCUT2D eigenvalue weighted by Crippen LogP contribution is -1.96. The van der Waals surface area contributed by atoms with Gasteiger partial charge in [-0.2, -0.15) is 5.10 Å². The Morgan fingerprint density at radius 2 is 1.95 bits per heavy atom. The fourth-order valence-corrected chi connectivity index (χ4v) is 2.31. The van der Waals surface area contributed by atoms with Crippen LogP contribution in [0.1, 0.15) is 10.5 Å². The number of nitrogens with one attached hydrogen (secondary N) is 1. The molecule has 19 heavy (non-hydrogen) atoms. The van der Waals surface area contributed by atoms with Gasteiger partial charge in [-0.1, -0.05) is 41.9 Å². The van der Waals surface area contributed by atoms with Crippen molar-refractivity contribution >= 4 is 28.5 Å². The van der Waals surface area contributed by atoms with E-state index in [2.05, 4.69) is 10.2 Å². The molecule has 0 atom stereocenters. The normalized spacial score (nSPS) is 10.8. The quantitative estimate of drug-likeness (QED) is 0.749. The van der Waals surface area contributed by atoms with Gasteiger partial charge in [-0.15, -0.1) is 0 Å². The molecule has 0 aliphatic rings. The minimum absolute atomic E-state index is 0.00356. The van der Waals surface area contributed by atoms with Crippen LogP contribution in [0, 0.1) is 0 Å². The molecule has 2 aromatic carbocycles. The summed E-state index contributed by atoms with van der Waals surface area (Å²) in [5, 5.41) is 16.7. The van der Waals surface area contributed by atoms with Gasteiger partial charge in [0.1, 0.15) is 0 Å². The highest BCUT2D eigenvalue weighted by molar-refractivity contribution is 6.34. The second kappa shape index (κ2) is 4.40. The number of hydrogen-bond acceptors (Lipinski definition) is 2. The zero-order valence-electron chi connectivity index (χ0n) is 9.72. The highest BCUT2D eigenvalue weighted by Gasteiger charge is 2.15. The van der Waals surface area contributed by atoms with E-state index in [0.717, 1.165) is 11.1 Å². The number of hydrogen-bond donors (Lipinski definition) is 2. The van der Waals surface area contributed by atoms with Crippen LogP contribution in [-0.2, 0) is 0 Å². The number of halogens is 1. The van der Waals surface area contributed by atoms with Gasteiger partial charge in [0.15, 0.2) is 5.69 Å². The summed E-state index contributed by atoms with van der Waals surface area (Å²) >= 11 is 6.23. The average Bonchev–Trinajstić information content (AvgIpc) is 2.81. The predicted octanol–water partition coefficient (Wildman–Crippen LogP) is 3.58. The van der Waals surface area contributed by atoms with Gasteiger partial charge >= 0.3 is 5.97 Å². The van der Waals surface area contributed by atoms with Crippen LogP contribution >= 0.6 is 11.6 Å². The van der Waals surface area contributed by atoms with E-state index in [1.807, 2.05) is 30.3 Å². The monoisotopic (exact) mass is 272 g/mol. The third-order valence-corrected chi connectivity index (χ3v) is 3.25. The molecule has 0 bridgehead atoms. The lowest BCUT2D eigenvalue weighted by atomic mass is 10.0. The van der Waals surface area contributed by atoms with Gasteiger partial charge in [-0.3, -0.25) is 5.10 Å². The van der Waals surface area contributed by atoms with Crippen molar-refractivity contribution in [1.29, 1.82) is 0 Å². The number of benzene rings is 2. The number of carboxylic acids is 1. The van der Waals surface area contributed by atoms with Crippen molar-refractivity contribution in [1.82, 2.24) is 10.2 Å². The number of carboxylic acid groups (broad SMARTS) is 1. The molecule has 4 nitrogen and oxygen atoms in total. The van der Waals surface area contributed by atoms with E-state index >= 15 is 0 Å². The number of aromatic amines is 1. The number of fused-ring (bicyclic) bond motifs is 1. The fraction of sp³-hybridized carbons (Fsp3) is 0. The standard InChI is InChI=1S/C14H9ClN2O2/c15-11-7-12-10(13(14(18)19)17-16-12)6-9(11)8-4-2-1-3-5-8/h1-7H,(H,16,17)(H,18,19). The molecule has 0 radical (unpaired) electrons. The smallest absolute Gasteiger partial charge is 0.357 e. The molecule has 0 spiro atoms. The van der Waals surface area contributed by atoms with Gasteiger partial charge in [0.05, 0.1) is 10.5 Å². The molecule has 0 unspecified atom stereocenters. The van der Waals surface area contributed by atoms with Crippen LogP contribution < -0.4 is 0 Å². The molecule has 1 heterocycles. The van der Waals surface area contributed by atoms with Gasteiger partial charge in [0.2, 0.25) is 0 Å². The van der Waals surface area contributed by atoms with Crippen LogP contribution in [0.5, 0.6) is 0 Å². The Hall–Kier alpha value is -2.33. The van der Waals surface area contributed by atoms with Crippen LogP contribution in [0.3, 0.4) is 0 Å². The number of carbonyl (C=O) groups is 1. The van der Waals surface area contributed by atoms with Crippen LogP contribution in [-0.4, -0.2) is 21.3 Å². The summed E-state index contributed by atoms with van der Waals surface area (Å²) < 4.78 is 0. The van der Waals surface area contributed by atoms with E-state index in [1.54, 1.807) is 12.1 Å². The molecule has 3 aromatic rings. The number of rotatable bonds is 2. The average molecular weight is 273 g/mol. The van der Waals surface area contributed by atoms with Crippen molar-refractivity contribution in [3.05, 3.63) is 53.2 Å². The van der Waals surface area contributed by atoms with Crippen molar-refractivity contribution in [2.75, 3.05) is 0 Å². The summed E-state index contributed by atoms with van der Waals surface area (Å²) in [5.74, 6) is -1.06. The largest absolute Gasteiger partial charge is 0.476 e. The predicted molar refractivity (Wildman–Crippen MR) is 73.5 cm³/mol. The van der Waals surface area contributed by atoms with Crippen molar-refractivity contribution in [3.63, 3.8) is 0 Å². The summed E-state index contributed by atoms with van der Waals surface area (Å²) in [6.45, 7) is 0. The van der Waals surface area contributed by atoms with Crippen molar-refractivity contribution < 1.29 is 9.90 Å². The summed E-state index contributed by atoms with van der Waals surface area (Å²) in [6.07, 6.45) is 0. The van der Waals surface area contributed by atoms with Gasteiger partial charge in [-0.25, -0.2) is 4.79 Å². The maximum atomic E-state index is 11.1. The first-order chi connectivity index (χ1) is 9.16. The SMILES string of the molecule is O=C(O)c1n[nH]c2cc(Cl)c(-c3ccccc3)cc12. The summed E-state index contributed by atoms with van der Waals surface area (Å²) in [7, 11) is 0. The number of H-pyrrole nitrogens is 1. The molecule has 0 aliphatic carbocycles. The van der Waals surface area contributed by atoms with Gasteiger partial charge < -0.3 is 5.11 Å². The van der Waals surface area contributed by atoms with Crippen molar-refractivity contribution in [2.45, 2.75) is 0 Å². The first-order valence-corrected chi connectivity index (χ1v) is 6.01. The summed E-state index contributed by atoms with van der Waals surface area (Å²) in [5.41, 5.74) is 2.34. The molecule has 5 heteroatoms. The molecule has 0 saturated heterocycles. The molecule has 2 N–H and O–H groups in total. The summed E-state index contributed by atoms with van der Waals surface area (Å²) in [4.78, 5) is 11.1. The Kier molecular flexibility index (Phi) is 2.72. The van der Waals surface area contributed by atoms with E-state index in [9.17, 15) is 4.79 Å². The van der Waals surface area contributed by atoms with Crippen molar-refractivity contribution in [3.8, 4) is 11.1 Å². The first kappa shape index (κ1) is 11.7. The van der Waals surface area contributed by atoms with Crippen LogP contribution in [0.15, 0.2) is 42.5 Å². The van der Waals surface area contributed by atoms with E-state index in [4.69, 9.17) is 16.7 Å². The zero-order valence-corrected chi connectivity index (χ0v) is 10.5. The van der Waals surface area contributed by atoms with Gasteiger partial charge in [0.25, 0.3) is 0 Å². The number of aromatic carboxylic acids is 1.